The zero-order valence-electron chi connectivity index (χ0n) is 19.5. The molecule has 37 heavy (non-hydrogen) atoms. The Hall–Kier alpha value is -2.34. The molecule has 2 saturated heterocycles. The van der Waals surface area contributed by atoms with E-state index >= 15 is 0 Å². The van der Waals surface area contributed by atoms with Gasteiger partial charge in [-0.2, -0.15) is 26.3 Å². The molecule has 0 aliphatic carbocycles. The largest absolute Gasteiger partial charge is 0.490 e. The lowest BCUT2D eigenvalue weighted by Crippen LogP contribution is -2.52. The molecule has 2 aliphatic heterocycles. The van der Waals surface area contributed by atoms with Crippen molar-refractivity contribution in [1.82, 2.24) is 9.80 Å². The number of nitrogens with zero attached hydrogens (tertiary/aromatic N) is 2. The number of benzene rings is 2. The van der Waals surface area contributed by atoms with Crippen molar-refractivity contribution in [3.8, 4) is 0 Å². The third kappa shape index (κ3) is 6.22. The van der Waals surface area contributed by atoms with Crippen LogP contribution in [0.3, 0.4) is 0 Å². The van der Waals surface area contributed by atoms with Gasteiger partial charge in [-0.05, 0) is 29.3 Å². The normalized spacial score (nSPS) is 23.2. The molecule has 0 aromatic heterocycles. The molecule has 2 aliphatic rings. The Morgan fingerprint density at radius 2 is 1.62 bits per heavy atom. The second-order valence-electron chi connectivity index (χ2n) is 9.41. The van der Waals surface area contributed by atoms with Crippen LogP contribution in [0.2, 0.25) is 5.02 Å². The zero-order valence-corrected chi connectivity index (χ0v) is 20.3. The van der Waals surface area contributed by atoms with Crippen molar-refractivity contribution in [2.24, 2.45) is 0 Å². The Morgan fingerprint density at radius 3 is 2.22 bits per heavy atom. The monoisotopic (exact) mass is 550 g/mol. The van der Waals surface area contributed by atoms with Crippen LogP contribution in [0.15, 0.2) is 48.5 Å². The Morgan fingerprint density at radius 1 is 1.00 bits per heavy atom. The predicted molar refractivity (Wildman–Crippen MR) is 123 cm³/mol. The topological polar surface area (TPSA) is 53.0 Å². The maximum atomic E-state index is 13.4. The second kappa shape index (κ2) is 10.4. The molecule has 2 aromatic carbocycles. The summed E-state index contributed by atoms with van der Waals surface area (Å²) < 4.78 is 84.3. The van der Waals surface area contributed by atoms with Gasteiger partial charge in [-0.3, -0.25) is 9.80 Å². The van der Waals surface area contributed by atoms with Gasteiger partial charge in [0.1, 0.15) is 5.60 Å². The number of aliphatic hydroxyl groups is 1. The van der Waals surface area contributed by atoms with Crippen LogP contribution in [-0.2, 0) is 27.9 Å². The number of carbonyl (C=O) groups excluding carboxylic acids is 1. The summed E-state index contributed by atoms with van der Waals surface area (Å²) in [5, 5.41) is 11.1. The summed E-state index contributed by atoms with van der Waals surface area (Å²) in [4.78, 5) is 15.4. The maximum absolute atomic E-state index is 13.4. The van der Waals surface area contributed by atoms with Gasteiger partial charge in [-0.15, -0.1) is 0 Å². The number of aliphatic hydroxyl groups excluding tert-OH is 1. The van der Waals surface area contributed by atoms with Gasteiger partial charge in [-0.1, -0.05) is 41.9 Å². The predicted octanol–water partition coefficient (Wildman–Crippen LogP) is 5.00. The first-order valence-corrected chi connectivity index (χ1v) is 12.0. The van der Waals surface area contributed by atoms with Crippen LogP contribution in [-0.4, -0.2) is 65.4 Å². The van der Waals surface area contributed by atoms with Crippen LogP contribution in [0, 0.1) is 0 Å². The lowest BCUT2D eigenvalue weighted by molar-refractivity contribution is -0.220. The Kier molecular flexibility index (Phi) is 7.81. The third-order valence-electron chi connectivity index (χ3n) is 7.02. The molecule has 0 amide bonds. The van der Waals surface area contributed by atoms with Gasteiger partial charge in [-0.25, -0.2) is 4.79 Å². The molecular formula is C25H25ClF6N2O3. The number of halogens is 7. The first kappa shape index (κ1) is 27.7. The highest BCUT2D eigenvalue weighted by atomic mass is 35.5. The average molecular weight is 551 g/mol. The van der Waals surface area contributed by atoms with E-state index in [2.05, 4.69) is 0 Å². The number of carbonyl (C=O) groups is 1. The summed E-state index contributed by atoms with van der Waals surface area (Å²) in [6.45, 7) is 0.850. The molecule has 5 nitrogen and oxygen atoms in total. The minimum atomic E-state index is -5.16. The Labute approximate surface area is 214 Å². The summed E-state index contributed by atoms with van der Waals surface area (Å²) >= 11 is 5.92. The van der Waals surface area contributed by atoms with Crippen molar-refractivity contribution in [3.05, 3.63) is 70.2 Å². The molecule has 2 fully saturated rings. The molecule has 2 heterocycles. The molecule has 2 atom stereocenters. The van der Waals surface area contributed by atoms with E-state index in [0.717, 1.165) is 6.07 Å². The highest BCUT2D eigenvalue weighted by molar-refractivity contribution is 6.30. The van der Waals surface area contributed by atoms with E-state index in [-0.39, 0.29) is 51.1 Å². The number of alkyl halides is 6. The fourth-order valence-corrected chi connectivity index (χ4v) is 5.29. The summed E-state index contributed by atoms with van der Waals surface area (Å²) in [5.74, 6) is -2.29. The summed E-state index contributed by atoms with van der Waals surface area (Å²) in [7, 11) is 0. The van der Waals surface area contributed by atoms with Gasteiger partial charge < -0.3 is 9.84 Å². The molecular weight excluding hydrogens is 526 g/mol. The number of piperidine rings is 1. The van der Waals surface area contributed by atoms with E-state index in [9.17, 15) is 36.2 Å². The minimum absolute atomic E-state index is 0.00497. The van der Waals surface area contributed by atoms with E-state index in [1.165, 1.54) is 42.5 Å². The van der Waals surface area contributed by atoms with E-state index in [0.29, 0.717) is 10.6 Å². The molecule has 2 aromatic rings. The van der Waals surface area contributed by atoms with Gasteiger partial charge in [0.15, 0.2) is 0 Å². The van der Waals surface area contributed by atoms with Crippen LogP contribution in [0.1, 0.15) is 29.5 Å². The van der Waals surface area contributed by atoms with Crippen LogP contribution in [0.4, 0.5) is 26.3 Å². The van der Waals surface area contributed by atoms with Crippen molar-refractivity contribution in [2.45, 2.75) is 49.5 Å². The highest BCUT2D eigenvalue weighted by Crippen LogP contribution is 2.40. The SMILES string of the molecule is O=C(OC1(c2ccc(Cl)cc2)CCN([C@H]2CN(Cc3ccccc3C(F)(F)F)CC2O)CC1)C(F)(F)F. The minimum Gasteiger partial charge on any atom is -0.447 e. The van der Waals surface area contributed by atoms with Gasteiger partial charge >= 0.3 is 18.3 Å². The quantitative estimate of drug-likeness (QED) is 0.419. The summed E-state index contributed by atoms with van der Waals surface area (Å²) in [5.41, 5.74) is -1.78. The van der Waals surface area contributed by atoms with Gasteiger partial charge in [0.25, 0.3) is 0 Å². The first-order chi connectivity index (χ1) is 17.3. The van der Waals surface area contributed by atoms with Gasteiger partial charge in [0.2, 0.25) is 0 Å². The fourth-order valence-electron chi connectivity index (χ4n) is 5.17. The number of rotatable bonds is 5. The van der Waals surface area contributed by atoms with Gasteiger partial charge in [0.05, 0.1) is 11.7 Å². The van der Waals surface area contributed by atoms with Crippen molar-refractivity contribution in [2.75, 3.05) is 26.2 Å². The number of likely N-dealkylation sites (tertiary alicyclic amines) is 2. The molecule has 1 unspecified atom stereocenters. The number of esters is 1. The van der Waals surface area contributed by atoms with Crippen molar-refractivity contribution >= 4 is 17.6 Å². The highest BCUT2D eigenvalue weighted by Gasteiger charge is 2.49. The lowest BCUT2D eigenvalue weighted by atomic mass is 9.83. The van der Waals surface area contributed by atoms with Crippen LogP contribution in [0.25, 0.3) is 0 Å². The van der Waals surface area contributed by atoms with E-state index < -0.39 is 41.6 Å². The summed E-state index contributed by atoms with van der Waals surface area (Å²) in [6.07, 6.45) is -10.4. The number of hydrogen-bond acceptors (Lipinski definition) is 5. The molecule has 4 rings (SSSR count). The number of hydrogen-bond donors (Lipinski definition) is 1. The molecule has 1 N–H and O–H groups in total. The number of ether oxygens (including phenoxy) is 1. The van der Waals surface area contributed by atoms with E-state index in [4.69, 9.17) is 16.3 Å². The molecule has 0 radical (unpaired) electrons. The standard InChI is InChI=1S/C25H25ClF6N2O3/c26-18-7-5-17(6-8-18)23(37-22(36)25(30,31)32)9-11-34(12-10-23)20-14-33(15-21(20)35)13-16-3-1-2-4-19(16)24(27,28)29/h1-8,20-21,35H,9-15H2/t20-,21?/m0/s1. The maximum Gasteiger partial charge on any atom is 0.490 e. The van der Waals surface area contributed by atoms with Crippen LogP contribution < -0.4 is 0 Å². The first-order valence-electron chi connectivity index (χ1n) is 11.6. The van der Waals surface area contributed by atoms with Gasteiger partial charge in [0, 0.05) is 56.6 Å². The molecule has 12 heteroatoms. The van der Waals surface area contributed by atoms with Crippen molar-refractivity contribution in [1.29, 1.82) is 0 Å². The van der Waals surface area contributed by atoms with Crippen molar-refractivity contribution in [3.63, 3.8) is 0 Å². The average Bonchev–Trinajstić information content (AvgIpc) is 3.18. The van der Waals surface area contributed by atoms with E-state index in [1.807, 2.05) is 4.90 Å². The summed E-state index contributed by atoms with van der Waals surface area (Å²) in [6, 6.07) is 10.9. The third-order valence-corrected chi connectivity index (χ3v) is 7.27. The Balaban J connectivity index is 1.46. The fraction of sp³-hybridized carbons (Fsp3) is 0.480. The molecule has 0 spiro atoms. The van der Waals surface area contributed by atoms with Crippen molar-refractivity contribution < 1.29 is 41.0 Å². The zero-order chi connectivity index (χ0) is 27.0. The lowest BCUT2D eigenvalue weighted by Gasteiger charge is -2.44. The smallest absolute Gasteiger partial charge is 0.447 e. The van der Waals surface area contributed by atoms with Crippen LogP contribution in [0.5, 0.6) is 0 Å². The molecule has 0 bridgehead atoms. The van der Waals surface area contributed by atoms with Crippen LogP contribution >= 0.6 is 11.6 Å². The Bertz CT molecular complexity index is 1100. The molecule has 0 saturated carbocycles. The number of β-amino-alcohol motifs (C(OH)–C–C–N with tert-alkyl or cyclic N) is 1. The second-order valence-corrected chi connectivity index (χ2v) is 9.84. The molecule has 202 valence electrons. The van der Waals surface area contributed by atoms with E-state index in [1.54, 1.807) is 4.90 Å².